The number of hydrogen-bond donors (Lipinski definition) is 12. The van der Waals surface area contributed by atoms with Crippen molar-refractivity contribution in [1.29, 1.82) is 0 Å². The standard InChI is InChI=1S/C72H104N12O15S2/c1-10-69(96)38-45-37-68(7,58-48(23-28-83(39-45)40-69)47-17-12-13-18-51(47)78-58)50-35-49-54(36-57(50)98-9)82(8)63-71(49)25-29-84-27-16-24-70(11-2,62(71)84)64(93)72(63,97)65(94)80-81-67(95)99-30-32-101-100-31-15-20-55(87)43(5)76-59(89)42(4)34-56(88)52(19-14-26-75-66(73)74)79-60(90)41(3)33-46(86)21-22-53(61(91)92)77-44(6)85/h12-13,16-18,24,35-36,41-43,45,52-53,62-64,78,93,96-97H,10-11,14-15,19-23,25-34,37-40H2,1-9H3,(H,76,89)(H,77,85)(H,79,90)(H,80,94)(H,81,95)(H,91,92)(H4,73,74,75)/t41-,42-,43+,45?,52+,53+,62+,63-,64-,68-,69?,70-,71-,72-/m1/s1. The first-order chi connectivity index (χ1) is 47.9. The Labute approximate surface area is 598 Å². The summed E-state index contributed by atoms with van der Waals surface area (Å²) in [5.74, 6) is -5.49. The summed E-state index contributed by atoms with van der Waals surface area (Å²) in [5.41, 5.74) is 15.7. The number of fused-ring (bicyclic) bond motifs is 6. The molecule has 6 heterocycles. The Kier molecular flexibility index (Phi) is 25.1. The van der Waals surface area contributed by atoms with Crippen LogP contribution < -0.4 is 47.9 Å². The number of aliphatic imine (C=N–C) groups is 1. The van der Waals surface area contributed by atoms with E-state index in [1.54, 1.807) is 14.0 Å². The minimum absolute atomic E-state index is 0.0618. The molecule has 0 radical (unpaired) electrons. The highest BCUT2D eigenvalue weighted by molar-refractivity contribution is 8.76. The summed E-state index contributed by atoms with van der Waals surface area (Å²) < 4.78 is 11.9. The quantitative estimate of drug-likeness (QED) is 0.0104. The van der Waals surface area contributed by atoms with Gasteiger partial charge in [0.25, 0.3) is 5.91 Å². The lowest BCUT2D eigenvalue weighted by atomic mass is 9.47. The molecule has 6 aliphatic rings. The number of carboxylic acid groups (broad SMARTS) is 1. The normalized spacial score (nSPS) is 27.8. The number of para-hydroxylation sites is 1. The van der Waals surface area contributed by atoms with E-state index in [4.69, 9.17) is 20.9 Å². The number of carbonyl (C=O) groups excluding carboxylic acids is 8. The van der Waals surface area contributed by atoms with E-state index in [0.29, 0.717) is 75.4 Å². The number of hydrazine groups is 1. The van der Waals surface area contributed by atoms with Gasteiger partial charge in [-0.1, -0.05) is 79.6 Å². The number of H-pyrrole nitrogens is 1. The number of aliphatic carboxylic acids is 1. The van der Waals surface area contributed by atoms with Crippen molar-refractivity contribution in [3.8, 4) is 5.75 Å². The van der Waals surface area contributed by atoms with Gasteiger partial charge >= 0.3 is 12.1 Å². The van der Waals surface area contributed by atoms with Gasteiger partial charge in [-0.15, -0.1) is 0 Å². The Hall–Kier alpha value is -7.28. The highest BCUT2D eigenvalue weighted by Crippen LogP contribution is 2.67. The second-order valence-electron chi connectivity index (χ2n) is 29.1. The van der Waals surface area contributed by atoms with Gasteiger partial charge < -0.3 is 67.2 Å². The number of piperidine rings is 1. The average molecular weight is 1440 g/mol. The van der Waals surface area contributed by atoms with Crippen LogP contribution in [0.5, 0.6) is 5.75 Å². The van der Waals surface area contributed by atoms with Crippen LogP contribution in [0.25, 0.3) is 10.9 Å². The number of aromatic amines is 1. The summed E-state index contributed by atoms with van der Waals surface area (Å²) in [7, 11) is 6.36. The molecule has 1 aromatic heterocycles. The Morgan fingerprint density at radius 2 is 1.56 bits per heavy atom. The summed E-state index contributed by atoms with van der Waals surface area (Å²) in [6, 6.07) is 8.14. The molecule has 5 amide bonds. The number of guanidine groups is 1. The Bertz CT molecular complexity index is 3660. The summed E-state index contributed by atoms with van der Waals surface area (Å²) in [4.78, 5) is 132. The fourth-order valence-corrected chi connectivity index (χ4v) is 19.3. The number of aromatic nitrogens is 1. The average Bonchev–Trinajstić information content (AvgIpc) is 1.50. The number of methoxy groups -OCH3 is 1. The first-order valence-corrected chi connectivity index (χ1v) is 37.9. The molecule has 27 nitrogen and oxygen atoms in total. The lowest BCUT2D eigenvalue weighted by molar-refractivity contribution is -0.204. The lowest BCUT2D eigenvalue weighted by Gasteiger charge is -2.63. The number of likely N-dealkylation sites (N-methyl/N-ethyl adjacent to an activating group) is 1. The second-order valence-corrected chi connectivity index (χ2v) is 31.8. The van der Waals surface area contributed by atoms with E-state index < -0.39 is 117 Å². The third-order valence-corrected chi connectivity index (χ3v) is 24.7. The fraction of sp³-hybridized carbons (Fsp3) is 0.639. The molecule has 3 unspecified atom stereocenters. The number of carboxylic acids is 1. The van der Waals surface area contributed by atoms with Crippen LogP contribution in [0.3, 0.4) is 0 Å². The van der Waals surface area contributed by atoms with Gasteiger partial charge in [0.2, 0.25) is 17.7 Å². The van der Waals surface area contributed by atoms with Crippen LogP contribution in [0.4, 0.5) is 10.5 Å². The number of nitrogens with one attached hydrogen (secondary N) is 6. The fourth-order valence-electron chi connectivity index (χ4n) is 17.4. The molecule has 3 fully saturated rings. The smallest absolute Gasteiger partial charge is 0.426 e. The summed E-state index contributed by atoms with van der Waals surface area (Å²) >= 11 is 0. The van der Waals surface area contributed by atoms with Crippen molar-refractivity contribution >= 4 is 97.2 Å². The largest absolute Gasteiger partial charge is 0.496 e. The minimum Gasteiger partial charge on any atom is -0.496 e. The predicted octanol–water partition coefficient (Wildman–Crippen LogP) is 4.19. The van der Waals surface area contributed by atoms with Crippen LogP contribution in [-0.4, -0.2) is 213 Å². The van der Waals surface area contributed by atoms with Gasteiger partial charge in [0.05, 0.1) is 30.8 Å². The van der Waals surface area contributed by atoms with E-state index in [-0.39, 0.29) is 81.8 Å². The number of ether oxygens (including phenoxy) is 2. The third-order valence-electron chi connectivity index (χ3n) is 22.3. The predicted molar refractivity (Wildman–Crippen MR) is 386 cm³/mol. The minimum atomic E-state index is -2.51. The Morgan fingerprint density at radius 1 is 0.842 bits per heavy atom. The molecule has 2 saturated heterocycles. The first-order valence-electron chi connectivity index (χ1n) is 35.4. The van der Waals surface area contributed by atoms with E-state index in [9.17, 15) is 58.8 Å². The van der Waals surface area contributed by atoms with Crippen molar-refractivity contribution in [1.82, 2.24) is 41.6 Å². The topological polar surface area (TPSA) is 403 Å². The second kappa shape index (κ2) is 32.6. The number of aliphatic hydroxyl groups is 3. The molecule has 3 aromatic rings. The number of hydrogen-bond acceptors (Lipinski definition) is 20. The maximum atomic E-state index is 15.1. The van der Waals surface area contributed by atoms with Crippen LogP contribution in [0, 0.1) is 23.2 Å². The zero-order chi connectivity index (χ0) is 73.5. The van der Waals surface area contributed by atoms with Gasteiger partial charge in [-0.05, 0) is 114 Å². The van der Waals surface area contributed by atoms with Crippen LogP contribution in [0.1, 0.15) is 154 Å². The monoisotopic (exact) mass is 1440 g/mol. The van der Waals surface area contributed by atoms with Gasteiger partial charge in [0, 0.05) is 152 Å². The number of ketones is 3. The first kappa shape index (κ1) is 77.9. The van der Waals surface area contributed by atoms with Crippen molar-refractivity contribution in [2.45, 2.75) is 197 Å². The molecule has 9 rings (SSSR count). The van der Waals surface area contributed by atoms with Crippen molar-refractivity contribution in [3.05, 3.63) is 70.9 Å². The summed E-state index contributed by atoms with van der Waals surface area (Å²) in [6.07, 6.45) is 5.14. The number of benzene rings is 2. The van der Waals surface area contributed by atoms with Crippen molar-refractivity contribution in [2.24, 2.45) is 39.6 Å². The van der Waals surface area contributed by atoms with Crippen LogP contribution >= 0.6 is 21.6 Å². The molecule has 2 bridgehead atoms. The summed E-state index contributed by atoms with van der Waals surface area (Å²) in [5, 5.41) is 56.8. The molecule has 14 N–H and O–H groups in total. The van der Waals surface area contributed by atoms with Gasteiger partial charge in [-0.2, -0.15) is 0 Å². The van der Waals surface area contributed by atoms with Crippen LogP contribution in [0.2, 0.25) is 0 Å². The number of amides is 5. The van der Waals surface area contributed by atoms with E-state index in [1.807, 2.05) is 43.2 Å². The van der Waals surface area contributed by atoms with Crippen LogP contribution in [0.15, 0.2) is 53.5 Å². The van der Waals surface area contributed by atoms with Gasteiger partial charge in [-0.3, -0.25) is 53.8 Å². The number of nitrogens with zero attached hydrogens (tertiary/aromatic N) is 4. The maximum Gasteiger partial charge on any atom is 0.426 e. The number of aliphatic hydroxyl groups excluding tert-OH is 1. The van der Waals surface area contributed by atoms with E-state index in [0.717, 1.165) is 59.8 Å². The number of carbonyl (C=O) groups is 9. The molecule has 1 saturated carbocycles. The van der Waals surface area contributed by atoms with Gasteiger partial charge in [-0.25, -0.2) is 15.0 Å². The van der Waals surface area contributed by atoms with Gasteiger partial charge in [0.15, 0.2) is 23.1 Å². The van der Waals surface area contributed by atoms with E-state index in [2.05, 4.69) is 84.7 Å². The van der Waals surface area contributed by atoms with E-state index >= 15 is 4.79 Å². The lowest BCUT2D eigenvalue weighted by Crippen LogP contribution is -2.82. The maximum absolute atomic E-state index is 15.1. The zero-order valence-electron chi connectivity index (χ0n) is 59.6. The SMILES string of the molecule is CCC1(O)CC2CN(CCc3c([nH]c4ccccc34)[C@@](C)(c3cc4c(cc3OC)N(C)[C@H]3[C@](O)(C(=O)NNC(=O)OCCSSCCCC(=O)[C@H](C)NC(=O)[C@H](C)CC(=O)[C@H](CCCN=C(N)N)NC(=O)[C@H](C)CC(=O)CC[C@H](NC(C)=O)C(=O)O)[C@H](O)[C@]5(CC)C=CCN6CC[C@]43[C@@H]65)C2)C1. The summed E-state index contributed by atoms with van der Waals surface area (Å²) in [6.45, 7) is 15.6. The molecule has 2 aromatic carbocycles. The molecule has 5 aliphatic heterocycles. The van der Waals surface area contributed by atoms with Crippen LogP contribution in [-0.2, 0) is 60.3 Å². The molecule has 29 heteroatoms. The number of nitrogens with two attached hydrogens (primary N) is 2. The van der Waals surface area contributed by atoms with Gasteiger partial charge in [0.1, 0.15) is 30.3 Å². The molecule has 15 atom stereocenters. The molecule has 1 spiro atoms. The molecular weight excluding hydrogens is 1340 g/mol. The highest BCUT2D eigenvalue weighted by atomic mass is 33.1. The zero-order valence-corrected chi connectivity index (χ0v) is 61.3. The highest BCUT2D eigenvalue weighted by Gasteiger charge is 2.79. The molecule has 101 heavy (non-hydrogen) atoms. The Balaban J connectivity index is 0.779. The third kappa shape index (κ3) is 16.2. The molecule has 1 aliphatic carbocycles. The number of anilines is 1. The van der Waals surface area contributed by atoms with E-state index in [1.165, 1.54) is 41.0 Å². The molecular formula is C72H104N12O15S2. The number of rotatable bonds is 32. The number of Topliss-reactive ketones (excluding diaryl/α,β-unsaturated/α-hetero) is 3. The van der Waals surface area contributed by atoms with Crippen molar-refractivity contribution < 1.29 is 73.1 Å². The van der Waals surface area contributed by atoms with Crippen molar-refractivity contribution in [3.63, 3.8) is 0 Å². The van der Waals surface area contributed by atoms with Crippen molar-refractivity contribution in [2.75, 3.05) is 76.4 Å². The Morgan fingerprint density at radius 3 is 2.27 bits per heavy atom. The molecule has 554 valence electrons.